The fourth-order valence-corrected chi connectivity index (χ4v) is 3.51. The van der Waals surface area contributed by atoms with Crippen LogP contribution in [0.4, 0.5) is 0 Å². The summed E-state index contributed by atoms with van der Waals surface area (Å²) in [6.07, 6.45) is 8.49. The molecule has 0 radical (unpaired) electrons. The first kappa shape index (κ1) is 16.7. The van der Waals surface area contributed by atoms with Gasteiger partial charge in [0.2, 0.25) is 0 Å². The molecule has 1 saturated heterocycles. The van der Waals surface area contributed by atoms with E-state index in [1.807, 2.05) is 23.0 Å². The molecule has 5 nitrogen and oxygen atoms in total. The monoisotopic (exact) mass is 327 g/mol. The minimum absolute atomic E-state index is 0.254. The van der Waals surface area contributed by atoms with Crippen LogP contribution in [0.5, 0.6) is 0 Å². The van der Waals surface area contributed by atoms with Gasteiger partial charge in [-0.25, -0.2) is 4.68 Å². The number of benzene rings is 1. The maximum absolute atomic E-state index is 10.9. The number of carboxylic acid groups (broad SMARTS) is 1. The Morgan fingerprint density at radius 1 is 1.33 bits per heavy atom. The van der Waals surface area contributed by atoms with Crippen LogP contribution in [-0.2, 0) is 11.3 Å². The maximum Gasteiger partial charge on any atom is 0.303 e. The highest BCUT2D eigenvalue weighted by Crippen LogP contribution is 2.23. The van der Waals surface area contributed by atoms with Gasteiger partial charge < -0.3 is 5.11 Å². The minimum atomic E-state index is -0.701. The molecule has 2 heterocycles. The van der Waals surface area contributed by atoms with Gasteiger partial charge in [0.05, 0.1) is 11.9 Å². The molecule has 1 aromatic carbocycles. The summed E-state index contributed by atoms with van der Waals surface area (Å²) >= 11 is 0. The molecule has 0 saturated carbocycles. The summed E-state index contributed by atoms with van der Waals surface area (Å²) in [6.45, 7) is 3.97. The Bertz CT molecular complexity index is 695. The number of rotatable bonds is 6. The fourth-order valence-electron chi connectivity index (χ4n) is 3.51. The normalized spacial score (nSPS) is 18.6. The first-order valence-corrected chi connectivity index (χ1v) is 8.69. The zero-order valence-corrected chi connectivity index (χ0v) is 14.2. The van der Waals surface area contributed by atoms with Gasteiger partial charge in [-0.3, -0.25) is 9.69 Å². The highest BCUT2D eigenvalue weighted by Gasteiger charge is 2.23. The molecule has 0 unspecified atom stereocenters. The van der Waals surface area contributed by atoms with E-state index in [1.165, 1.54) is 24.0 Å². The van der Waals surface area contributed by atoms with E-state index < -0.39 is 5.97 Å². The summed E-state index contributed by atoms with van der Waals surface area (Å²) in [6, 6.07) is 8.59. The predicted molar refractivity (Wildman–Crippen MR) is 93.2 cm³/mol. The smallest absolute Gasteiger partial charge is 0.303 e. The number of aryl methyl sites for hydroxylation is 1. The van der Waals surface area contributed by atoms with Crippen molar-refractivity contribution in [3.63, 3.8) is 0 Å². The van der Waals surface area contributed by atoms with Crippen molar-refractivity contribution in [3.8, 4) is 5.69 Å². The second kappa shape index (κ2) is 7.62. The van der Waals surface area contributed by atoms with Crippen LogP contribution in [0, 0.1) is 6.92 Å². The van der Waals surface area contributed by atoms with Crippen LogP contribution < -0.4 is 0 Å². The van der Waals surface area contributed by atoms with E-state index in [1.54, 1.807) is 0 Å². The Kier molecular flexibility index (Phi) is 5.30. The first-order chi connectivity index (χ1) is 11.6. The molecule has 1 atom stereocenters. The van der Waals surface area contributed by atoms with Crippen molar-refractivity contribution in [2.75, 3.05) is 6.54 Å². The number of hydrogen-bond acceptors (Lipinski definition) is 3. The fraction of sp³-hybridized carbons (Fsp3) is 0.474. The number of carbonyl (C=O) groups is 1. The first-order valence-electron chi connectivity index (χ1n) is 8.69. The van der Waals surface area contributed by atoms with E-state index in [0.717, 1.165) is 31.6 Å². The van der Waals surface area contributed by atoms with Crippen molar-refractivity contribution in [2.24, 2.45) is 0 Å². The predicted octanol–water partition coefficient (Wildman–Crippen LogP) is 3.40. The Labute approximate surface area is 142 Å². The Hall–Kier alpha value is -2.14. The number of hydrogen-bond donors (Lipinski definition) is 1. The summed E-state index contributed by atoms with van der Waals surface area (Å²) in [5, 5.41) is 13.5. The molecular formula is C19H25N3O2. The molecule has 1 N–H and O–H groups in total. The molecule has 1 fully saturated rings. The lowest BCUT2D eigenvalue weighted by molar-refractivity contribution is -0.137. The minimum Gasteiger partial charge on any atom is -0.481 e. The van der Waals surface area contributed by atoms with Crippen molar-refractivity contribution in [2.45, 2.75) is 51.6 Å². The number of aromatic nitrogens is 2. The van der Waals surface area contributed by atoms with E-state index in [4.69, 9.17) is 5.11 Å². The summed E-state index contributed by atoms with van der Waals surface area (Å²) in [5.74, 6) is -0.701. The summed E-state index contributed by atoms with van der Waals surface area (Å²) in [5.41, 5.74) is 3.48. The topological polar surface area (TPSA) is 58.4 Å². The molecule has 0 amide bonds. The van der Waals surface area contributed by atoms with Gasteiger partial charge in [-0.15, -0.1) is 0 Å². The third-order valence-electron chi connectivity index (χ3n) is 4.82. The van der Waals surface area contributed by atoms with Crippen LogP contribution in [-0.4, -0.2) is 38.3 Å². The van der Waals surface area contributed by atoms with E-state index in [9.17, 15) is 4.79 Å². The molecule has 3 rings (SSSR count). The molecule has 24 heavy (non-hydrogen) atoms. The zero-order valence-electron chi connectivity index (χ0n) is 14.2. The van der Waals surface area contributed by atoms with Crippen molar-refractivity contribution < 1.29 is 9.90 Å². The lowest BCUT2D eigenvalue weighted by Crippen LogP contribution is -2.39. The highest BCUT2D eigenvalue weighted by atomic mass is 16.4. The molecule has 1 aliphatic heterocycles. The third kappa shape index (κ3) is 4.03. The van der Waals surface area contributed by atoms with Crippen molar-refractivity contribution in [1.82, 2.24) is 14.7 Å². The van der Waals surface area contributed by atoms with E-state index in [2.05, 4.69) is 35.3 Å². The molecule has 1 aromatic heterocycles. The molecular weight excluding hydrogens is 302 g/mol. The van der Waals surface area contributed by atoms with Crippen LogP contribution in [0.2, 0.25) is 0 Å². The van der Waals surface area contributed by atoms with Gasteiger partial charge in [-0.1, -0.05) is 24.6 Å². The van der Waals surface area contributed by atoms with E-state index in [0.29, 0.717) is 6.04 Å². The van der Waals surface area contributed by atoms with Gasteiger partial charge in [-0.2, -0.15) is 5.10 Å². The number of aliphatic carboxylic acids is 1. The van der Waals surface area contributed by atoms with Crippen LogP contribution >= 0.6 is 0 Å². The quantitative estimate of drug-likeness (QED) is 0.883. The van der Waals surface area contributed by atoms with Crippen LogP contribution in [0.25, 0.3) is 5.69 Å². The summed E-state index contributed by atoms with van der Waals surface area (Å²) in [7, 11) is 0. The average molecular weight is 327 g/mol. The molecule has 0 bridgehead atoms. The average Bonchev–Trinajstić information content (AvgIpc) is 3.03. The van der Waals surface area contributed by atoms with E-state index in [-0.39, 0.29) is 6.42 Å². The van der Waals surface area contributed by atoms with Crippen LogP contribution in [0.3, 0.4) is 0 Å². The van der Waals surface area contributed by atoms with Gasteiger partial charge >= 0.3 is 5.97 Å². The number of carboxylic acids is 1. The highest BCUT2D eigenvalue weighted by molar-refractivity contribution is 5.66. The largest absolute Gasteiger partial charge is 0.481 e. The maximum atomic E-state index is 10.9. The summed E-state index contributed by atoms with van der Waals surface area (Å²) in [4.78, 5) is 13.3. The van der Waals surface area contributed by atoms with Crippen molar-refractivity contribution in [1.29, 1.82) is 0 Å². The molecule has 0 spiro atoms. The molecule has 1 aliphatic rings. The van der Waals surface area contributed by atoms with Crippen LogP contribution in [0.1, 0.15) is 43.2 Å². The number of nitrogens with zero attached hydrogens (tertiary/aromatic N) is 3. The van der Waals surface area contributed by atoms with Gasteiger partial charge in [0.1, 0.15) is 0 Å². The Morgan fingerprint density at radius 3 is 2.96 bits per heavy atom. The van der Waals surface area contributed by atoms with Gasteiger partial charge in [0.25, 0.3) is 0 Å². The second-order valence-corrected chi connectivity index (χ2v) is 6.63. The zero-order chi connectivity index (χ0) is 16.9. The van der Waals surface area contributed by atoms with Crippen molar-refractivity contribution >= 4 is 5.97 Å². The van der Waals surface area contributed by atoms with Gasteiger partial charge in [-0.05, 0) is 44.4 Å². The second-order valence-electron chi connectivity index (χ2n) is 6.63. The molecule has 2 aromatic rings. The molecule has 128 valence electrons. The molecule has 0 aliphatic carbocycles. The van der Waals surface area contributed by atoms with Gasteiger partial charge in [0, 0.05) is 30.8 Å². The lowest BCUT2D eigenvalue weighted by Gasteiger charge is -2.35. The third-order valence-corrected chi connectivity index (χ3v) is 4.82. The lowest BCUT2D eigenvalue weighted by atomic mass is 9.97. The SMILES string of the molecule is Cc1ccccc1-n1cc(CN2CCCC[C@@H]2CCC(=O)O)cn1. The van der Waals surface area contributed by atoms with Crippen LogP contribution in [0.15, 0.2) is 36.7 Å². The Morgan fingerprint density at radius 2 is 2.17 bits per heavy atom. The number of piperidine rings is 1. The number of para-hydroxylation sites is 1. The standard InChI is InChI=1S/C19H25N3O2/c1-15-6-2-3-8-18(15)22-14-16(12-20-22)13-21-11-5-4-7-17(21)9-10-19(23)24/h2-3,6,8,12,14,17H,4-5,7,9-11,13H2,1H3,(H,23,24)/t17-/m1/s1. The van der Waals surface area contributed by atoms with E-state index >= 15 is 0 Å². The van der Waals surface area contributed by atoms with Gasteiger partial charge in [0.15, 0.2) is 0 Å². The molecule has 5 heteroatoms. The van der Waals surface area contributed by atoms with Crippen molar-refractivity contribution in [3.05, 3.63) is 47.8 Å². The Balaban J connectivity index is 1.68. The summed E-state index contributed by atoms with van der Waals surface area (Å²) < 4.78 is 1.93. The number of likely N-dealkylation sites (tertiary alicyclic amines) is 1.